The lowest BCUT2D eigenvalue weighted by molar-refractivity contribution is 0.475. The van der Waals surface area contributed by atoms with Crippen LogP contribution in [0.15, 0.2) is 42.5 Å². The van der Waals surface area contributed by atoms with E-state index in [1.165, 1.54) is 5.56 Å². The van der Waals surface area contributed by atoms with Gasteiger partial charge in [0.15, 0.2) is 10.6 Å². The fourth-order valence-electron chi connectivity index (χ4n) is 2.31. The van der Waals surface area contributed by atoms with Crippen LogP contribution in [0.2, 0.25) is 0 Å². The molecule has 2 N–H and O–H groups in total. The third-order valence-electron chi connectivity index (χ3n) is 3.42. The summed E-state index contributed by atoms with van der Waals surface area (Å²) >= 11 is 5.35. The van der Waals surface area contributed by atoms with Crippen molar-refractivity contribution in [3.63, 3.8) is 0 Å². The first-order valence-corrected chi connectivity index (χ1v) is 9.01. The maximum Gasteiger partial charge on any atom is 0.200 e. The first kappa shape index (κ1) is 20.6. The van der Waals surface area contributed by atoms with Gasteiger partial charge in [-0.15, -0.1) is 0 Å². The molecular formula is C20H27N3OS. The quantitative estimate of drug-likeness (QED) is 0.555. The zero-order chi connectivity index (χ0) is 19.0. The molecule has 0 saturated carbocycles. The minimum absolute atomic E-state index is 0.243. The Morgan fingerprint density at radius 2 is 1.56 bits per heavy atom. The van der Waals surface area contributed by atoms with Gasteiger partial charge < -0.3 is 5.11 Å². The van der Waals surface area contributed by atoms with Crippen molar-refractivity contribution in [1.82, 2.24) is 14.8 Å². The molecule has 0 bridgehead atoms. The second-order valence-electron chi connectivity index (χ2n) is 5.02. The van der Waals surface area contributed by atoms with Gasteiger partial charge in [-0.05, 0) is 62.0 Å². The number of aryl methyl sites for hydroxylation is 2. The summed E-state index contributed by atoms with van der Waals surface area (Å²) in [5.74, 6) is 0.980. The summed E-state index contributed by atoms with van der Waals surface area (Å²) in [5.41, 5.74) is 4.02. The average molecular weight is 358 g/mol. The van der Waals surface area contributed by atoms with Gasteiger partial charge in [0, 0.05) is 11.3 Å². The Bertz CT molecular complexity index is 848. The monoisotopic (exact) mass is 357 g/mol. The molecule has 0 aliphatic carbocycles. The lowest BCUT2D eigenvalue weighted by Crippen LogP contribution is -1.99. The predicted molar refractivity (Wildman–Crippen MR) is 108 cm³/mol. The van der Waals surface area contributed by atoms with E-state index in [2.05, 4.69) is 10.2 Å². The van der Waals surface area contributed by atoms with E-state index in [-0.39, 0.29) is 5.75 Å². The number of benzene rings is 2. The van der Waals surface area contributed by atoms with E-state index >= 15 is 0 Å². The smallest absolute Gasteiger partial charge is 0.200 e. The van der Waals surface area contributed by atoms with E-state index in [1.807, 2.05) is 76.4 Å². The summed E-state index contributed by atoms with van der Waals surface area (Å²) in [6.45, 7) is 12.0. The molecule has 134 valence electrons. The van der Waals surface area contributed by atoms with E-state index in [1.54, 1.807) is 12.1 Å². The van der Waals surface area contributed by atoms with Crippen molar-refractivity contribution >= 4 is 12.2 Å². The molecule has 3 aromatic rings. The SMILES string of the molecule is CC.CC.Cc1ccc(-n2c(-c3ccc(O)cc3C)n[nH]c2=S)cc1. The standard InChI is InChI=1S/C16H15N3OS.2C2H6/c1-10-3-5-12(6-4-10)19-15(17-18-16(19)21)14-8-7-13(20)9-11(14)2;2*1-2/h3-9,20H,1-2H3,(H,18,21);2*1-2H3. The number of aromatic amines is 1. The van der Waals surface area contributed by atoms with Crippen LogP contribution in [0.25, 0.3) is 17.1 Å². The summed E-state index contributed by atoms with van der Waals surface area (Å²) in [7, 11) is 0. The molecule has 1 aromatic heterocycles. The molecule has 3 rings (SSSR count). The van der Waals surface area contributed by atoms with Gasteiger partial charge in [0.25, 0.3) is 0 Å². The largest absolute Gasteiger partial charge is 0.508 e. The number of nitrogens with zero attached hydrogens (tertiary/aromatic N) is 2. The third-order valence-corrected chi connectivity index (χ3v) is 3.69. The molecule has 1 heterocycles. The highest BCUT2D eigenvalue weighted by Crippen LogP contribution is 2.27. The molecule has 25 heavy (non-hydrogen) atoms. The number of aromatic hydroxyl groups is 1. The van der Waals surface area contributed by atoms with Crippen molar-refractivity contribution < 1.29 is 5.11 Å². The Kier molecular flexibility index (Phi) is 8.08. The molecule has 0 atom stereocenters. The van der Waals surface area contributed by atoms with Crippen molar-refractivity contribution in [3.8, 4) is 22.8 Å². The lowest BCUT2D eigenvalue weighted by Gasteiger charge is -2.09. The third kappa shape index (κ3) is 4.79. The first-order valence-electron chi connectivity index (χ1n) is 8.61. The Morgan fingerprint density at radius 1 is 0.960 bits per heavy atom. The Hall–Kier alpha value is -2.40. The molecule has 0 spiro atoms. The van der Waals surface area contributed by atoms with Crippen LogP contribution in [-0.2, 0) is 0 Å². The fraction of sp³-hybridized carbons (Fsp3) is 0.300. The number of nitrogens with one attached hydrogen (secondary N) is 1. The Labute approximate surface area is 155 Å². The van der Waals surface area contributed by atoms with Gasteiger partial charge in [0.1, 0.15) is 5.75 Å². The average Bonchev–Trinajstić information content (AvgIpc) is 3.01. The number of aromatic nitrogens is 3. The van der Waals surface area contributed by atoms with E-state index in [0.29, 0.717) is 4.77 Å². The van der Waals surface area contributed by atoms with Gasteiger partial charge in [-0.2, -0.15) is 5.10 Å². The second kappa shape index (κ2) is 9.79. The summed E-state index contributed by atoms with van der Waals surface area (Å²) in [6, 6.07) is 13.3. The molecule has 0 aliphatic heterocycles. The molecule has 0 unspecified atom stereocenters. The van der Waals surface area contributed by atoms with Gasteiger partial charge >= 0.3 is 0 Å². The van der Waals surface area contributed by atoms with Crippen molar-refractivity contribution in [1.29, 1.82) is 0 Å². The van der Waals surface area contributed by atoms with Gasteiger partial charge in [-0.1, -0.05) is 45.4 Å². The highest BCUT2D eigenvalue weighted by atomic mass is 32.1. The topological polar surface area (TPSA) is 53.8 Å². The van der Waals surface area contributed by atoms with Crippen LogP contribution in [0.3, 0.4) is 0 Å². The molecule has 0 saturated heterocycles. The highest BCUT2D eigenvalue weighted by Gasteiger charge is 2.13. The number of phenols is 1. The highest BCUT2D eigenvalue weighted by molar-refractivity contribution is 7.71. The minimum Gasteiger partial charge on any atom is -0.508 e. The normalized spacial score (nSPS) is 9.52. The van der Waals surface area contributed by atoms with Gasteiger partial charge in [0.2, 0.25) is 0 Å². The molecule has 4 nitrogen and oxygen atoms in total. The molecule has 0 radical (unpaired) electrons. The van der Waals surface area contributed by atoms with Crippen LogP contribution >= 0.6 is 12.2 Å². The van der Waals surface area contributed by atoms with E-state index in [9.17, 15) is 5.11 Å². The Balaban J connectivity index is 0.000000730. The van der Waals surface area contributed by atoms with Crippen LogP contribution in [0, 0.1) is 18.6 Å². The molecule has 0 aliphatic rings. The molecule has 5 heteroatoms. The summed E-state index contributed by atoms with van der Waals surface area (Å²) < 4.78 is 2.44. The number of rotatable bonds is 2. The van der Waals surface area contributed by atoms with Crippen LogP contribution in [0.4, 0.5) is 0 Å². The fourth-order valence-corrected chi connectivity index (χ4v) is 2.55. The zero-order valence-corrected chi connectivity index (χ0v) is 16.6. The van der Waals surface area contributed by atoms with E-state index < -0.39 is 0 Å². The summed E-state index contributed by atoms with van der Waals surface area (Å²) in [4.78, 5) is 0. The number of hydrogen-bond donors (Lipinski definition) is 2. The van der Waals surface area contributed by atoms with E-state index in [4.69, 9.17) is 12.2 Å². The van der Waals surface area contributed by atoms with Crippen molar-refractivity contribution in [2.45, 2.75) is 41.5 Å². The summed E-state index contributed by atoms with van der Waals surface area (Å²) in [6.07, 6.45) is 0. The lowest BCUT2D eigenvalue weighted by atomic mass is 10.1. The van der Waals surface area contributed by atoms with Crippen molar-refractivity contribution in [3.05, 3.63) is 58.4 Å². The van der Waals surface area contributed by atoms with Gasteiger partial charge in [-0.25, -0.2) is 0 Å². The van der Waals surface area contributed by atoms with Crippen LogP contribution < -0.4 is 0 Å². The minimum atomic E-state index is 0.243. The molecule has 0 amide bonds. The van der Waals surface area contributed by atoms with E-state index in [0.717, 1.165) is 22.6 Å². The zero-order valence-electron chi connectivity index (χ0n) is 15.8. The van der Waals surface area contributed by atoms with Gasteiger partial charge in [-0.3, -0.25) is 9.67 Å². The Morgan fingerprint density at radius 3 is 2.12 bits per heavy atom. The van der Waals surface area contributed by atoms with Crippen LogP contribution in [0.5, 0.6) is 5.75 Å². The molecule has 0 fully saturated rings. The summed E-state index contributed by atoms with van der Waals surface area (Å²) in [5, 5.41) is 16.7. The van der Waals surface area contributed by atoms with Crippen LogP contribution in [-0.4, -0.2) is 19.9 Å². The first-order chi connectivity index (χ1) is 12.1. The molecular weight excluding hydrogens is 330 g/mol. The second-order valence-corrected chi connectivity index (χ2v) is 5.41. The molecule has 2 aromatic carbocycles. The van der Waals surface area contributed by atoms with Crippen molar-refractivity contribution in [2.75, 3.05) is 0 Å². The maximum atomic E-state index is 9.55. The van der Waals surface area contributed by atoms with Crippen LogP contribution in [0.1, 0.15) is 38.8 Å². The number of phenolic OH excluding ortho intramolecular Hbond substituents is 1. The number of H-pyrrole nitrogens is 1. The van der Waals surface area contributed by atoms with Gasteiger partial charge in [0.05, 0.1) is 0 Å². The van der Waals surface area contributed by atoms with Crippen molar-refractivity contribution in [2.24, 2.45) is 0 Å². The predicted octanol–water partition coefficient (Wildman–Crippen LogP) is 5.97. The number of hydrogen-bond acceptors (Lipinski definition) is 3. The maximum absolute atomic E-state index is 9.55.